The number of benzene rings is 2. The minimum Gasteiger partial charge on any atom is -0.478 e. The van der Waals surface area contributed by atoms with E-state index in [-0.39, 0.29) is 10.6 Å². The van der Waals surface area contributed by atoms with Gasteiger partial charge in [0.25, 0.3) is 10.0 Å². The van der Waals surface area contributed by atoms with Crippen molar-refractivity contribution in [2.75, 3.05) is 4.72 Å². The Morgan fingerprint density at radius 2 is 1.91 bits per heavy atom. The summed E-state index contributed by atoms with van der Waals surface area (Å²) in [5, 5.41) is 9.41. The van der Waals surface area contributed by atoms with Crippen LogP contribution in [-0.2, 0) is 10.0 Å². The van der Waals surface area contributed by atoms with Crippen LogP contribution in [-0.4, -0.2) is 19.5 Å². The van der Waals surface area contributed by atoms with Crippen molar-refractivity contribution in [2.24, 2.45) is 0 Å². The molecule has 116 valence electrons. The van der Waals surface area contributed by atoms with Gasteiger partial charge in [0.2, 0.25) is 0 Å². The van der Waals surface area contributed by atoms with Crippen LogP contribution < -0.4 is 4.72 Å². The number of carboxylic acids is 1. The monoisotopic (exact) mass is 343 g/mol. The molecule has 0 amide bonds. The van der Waals surface area contributed by atoms with Gasteiger partial charge in [-0.25, -0.2) is 17.6 Å². The van der Waals surface area contributed by atoms with Crippen LogP contribution in [0, 0.1) is 12.7 Å². The topological polar surface area (TPSA) is 83.5 Å². The van der Waals surface area contributed by atoms with Crippen LogP contribution in [0.1, 0.15) is 15.9 Å². The first-order valence-electron chi connectivity index (χ1n) is 6.02. The Morgan fingerprint density at radius 1 is 1.23 bits per heavy atom. The summed E-state index contributed by atoms with van der Waals surface area (Å²) in [4.78, 5) is 11.0. The molecule has 0 radical (unpaired) electrons. The van der Waals surface area contributed by atoms with E-state index >= 15 is 0 Å². The number of nitrogens with one attached hydrogen (secondary N) is 1. The number of hydrogen-bond acceptors (Lipinski definition) is 3. The minimum atomic E-state index is -4.02. The number of anilines is 1. The van der Waals surface area contributed by atoms with Crippen LogP contribution >= 0.6 is 11.6 Å². The average Bonchev–Trinajstić information content (AvgIpc) is 2.39. The Bertz CT molecular complexity index is 852. The molecule has 0 aromatic heterocycles. The van der Waals surface area contributed by atoms with Crippen molar-refractivity contribution in [2.45, 2.75) is 11.8 Å². The van der Waals surface area contributed by atoms with Crippen LogP contribution in [0.15, 0.2) is 41.3 Å². The zero-order valence-corrected chi connectivity index (χ0v) is 12.9. The summed E-state index contributed by atoms with van der Waals surface area (Å²) in [6, 6.07) is 6.96. The third-order valence-electron chi connectivity index (χ3n) is 2.88. The molecule has 8 heteroatoms. The fourth-order valence-electron chi connectivity index (χ4n) is 1.90. The molecule has 2 rings (SSSR count). The lowest BCUT2D eigenvalue weighted by Crippen LogP contribution is -2.16. The van der Waals surface area contributed by atoms with Gasteiger partial charge in [0, 0.05) is 5.02 Å². The molecule has 0 fully saturated rings. The standard InChI is InChI=1S/C14H11ClFNO4S/c1-8-6-9(15)2-5-13(8)22(20,21)17-12-4-3-10(16)7-11(12)14(18)19/h2-7,17H,1H3,(H,18,19). The molecule has 0 aliphatic carbocycles. The molecule has 2 aromatic carbocycles. The fourth-order valence-corrected chi connectivity index (χ4v) is 3.43. The average molecular weight is 344 g/mol. The highest BCUT2D eigenvalue weighted by atomic mass is 35.5. The maximum Gasteiger partial charge on any atom is 0.337 e. The van der Waals surface area contributed by atoms with Gasteiger partial charge in [0.15, 0.2) is 0 Å². The normalized spacial score (nSPS) is 11.2. The van der Waals surface area contributed by atoms with Crippen LogP contribution in [0.4, 0.5) is 10.1 Å². The second-order valence-electron chi connectivity index (χ2n) is 4.51. The maximum atomic E-state index is 13.1. The van der Waals surface area contributed by atoms with E-state index in [2.05, 4.69) is 4.72 Å². The van der Waals surface area contributed by atoms with Crippen molar-refractivity contribution in [3.63, 3.8) is 0 Å². The molecule has 0 spiro atoms. The molecule has 5 nitrogen and oxygen atoms in total. The van der Waals surface area contributed by atoms with E-state index in [1.165, 1.54) is 18.2 Å². The summed E-state index contributed by atoms with van der Waals surface area (Å²) in [7, 11) is -4.02. The zero-order chi connectivity index (χ0) is 16.5. The Balaban J connectivity index is 2.47. The second-order valence-corrected chi connectivity index (χ2v) is 6.60. The lowest BCUT2D eigenvalue weighted by molar-refractivity contribution is 0.0697. The van der Waals surface area contributed by atoms with E-state index in [4.69, 9.17) is 16.7 Å². The number of aryl methyl sites for hydroxylation is 1. The Kier molecular flexibility index (Phi) is 4.39. The van der Waals surface area contributed by atoms with Gasteiger partial charge in [-0.3, -0.25) is 4.72 Å². The summed E-state index contributed by atoms with van der Waals surface area (Å²) < 4.78 is 40.0. The zero-order valence-electron chi connectivity index (χ0n) is 11.3. The van der Waals surface area contributed by atoms with E-state index in [1.807, 2.05) is 0 Å². The predicted molar refractivity (Wildman–Crippen MR) is 80.4 cm³/mol. The van der Waals surface area contributed by atoms with Crippen LogP contribution in [0.25, 0.3) is 0 Å². The SMILES string of the molecule is Cc1cc(Cl)ccc1S(=O)(=O)Nc1ccc(F)cc1C(=O)O. The molecule has 0 saturated heterocycles. The molecule has 0 aliphatic rings. The van der Waals surface area contributed by atoms with Crippen molar-refractivity contribution in [3.8, 4) is 0 Å². The molecule has 2 N–H and O–H groups in total. The van der Waals surface area contributed by atoms with Crippen molar-refractivity contribution in [1.82, 2.24) is 0 Å². The van der Waals surface area contributed by atoms with Crippen molar-refractivity contribution < 1.29 is 22.7 Å². The number of sulfonamides is 1. The number of carboxylic acid groups (broad SMARTS) is 1. The molecule has 2 aromatic rings. The summed E-state index contributed by atoms with van der Waals surface area (Å²) in [5.74, 6) is -2.21. The number of hydrogen-bond donors (Lipinski definition) is 2. The first-order valence-corrected chi connectivity index (χ1v) is 7.88. The number of carbonyl (C=O) groups is 1. The second kappa shape index (κ2) is 5.94. The smallest absolute Gasteiger partial charge is 0.337 e. The minimum absolute atomic E-state index is 0.0439. The third kappa shape index (κ3) is 3.37. The fraction of sp³-hybridized carbons (Fsp3) is 0.0714. The summed E-state index contributed by atoms with van der Waals surface area (Å²) >= 11 is 5.78. The first kappa shape index (κ1) is 16.3. The van der Waals surface area contributed by atoms with Gasteiger partial charge in [0.1, 0.15) is 5.82 Å². The third-order valence-corrected chi connectivity index (χ3v) is 4.64. The Labute approximate surface area is 131 Å². The van der Waals surface area contributed by atoms with Crippen molar-refractivity contribution in [3.05, 3.63) is 58.4 Å². The molecule has 22 heavy (non-hydrogen) atoms. The molecular formula is C14H11ClFNO4S. The molecular weight excluding hydrogens is 333 g/mol. The molecule has 0 aliphatic heterocycles. The first-order chi connectivity index (χ1) is 10.2. The van der Waals surface area contributed by atoms with Crippen LogP contribution in [0.5, 0.6) is 0 Å². The van der Waals surface area contributed by atoms with E-state index in [9.17, 15) is 17.6 Å². The highest BCUT2D eigenvalue weighted by Crippen LogP contribution is 2.24. The number of rotatable bonds is 4. The summed E-state index contributed by atoms with van der Waals surface area (Å²) in [5.41, 5.74) is -0.294. The largest absolute Gasteiger partial charge is 0.478 e. The van der Waals surface area contributed by atoms with Gasteiger partial charge < -0.3 is 5.11 Å². The molecule has 0 atom stereocenters. The molecule has 0 saturated carbocycles. The quantitative estimate of drug-likeness (QED) is 0.892. The van der Waals surface area contributed by atoms with Crippen molar-refractivity contribution in [1.29, 1.82) is 0 Å². The number of halogens is 2. The van der Waals surface area contributed by atoms with E-state index < -0.39 is 27.4 Å². The van der Waals surface area contributed by atoms with Gasteiger partial charge in [-0.2, -0.15) is 0 Å². The Morgan fingerprint density at radius 3 is 2.50 bits per heavy atom. The molecule has 0 bridgehead atoms. The van der Waals surface area contributed by atoms with E-state index in [1.54, 1.807) is 6.92 Å². The van der Waals surface area contributed by atoms with Gasteiger partial charge in [-0.05, 0) is 48.9 Å². The predicted octanol–water partition coefficient (Wildman–Crippen LogP) is 3.29. The van der Waals surface area contributed by atoms with Crippen LogP contribution in [0.2, 0.25) is 5.02 Å². The lowest BCUT2D eigenvalue weighted by Gasteiger charge is -2.12. The lowest BCUT2D eigenvalue weighted by atomic mass is 10.2. The van der Waals surface area contributed by atoms with Gasteiger partial charge in [-0.15, -0.1) is 0 Å². The Hall–Kier alpha value is -2.12. The maximum absolute atomic E-state index is 13.1. The van der Waals surface area contributed by atoms with Gasteiger partial charge >= 0.3 is 5.97 Å². The highest BCUT2D eigenvalue weighted by Gasteiger charge is 2.20. The molecule has 0 heterocycles. The van der Waals surface area contributed by atoms with E-state index in [0.717, 1.165) is 18.2 Å². The van der Waals surface area contributed by atoms with Crippen LogP contribution in [0.3, 0.4) is 0 Å². The van der Waals surface area contributed by atoms with Gasteiger partial charge in [-0.1, -0.05) is 11.6 Å². The molecule has 0 unspecified atom stereocenters. The number of aromatic carboxylic acids is 1. The van der Waals surface area contributed by atoms with E-state index in [0.29, 0.717) is 10.6 Å². The summed E-state index contributed by atoms with van der Waals surface area (Å²) in [6.07, 6.45) is 0. The summed E-state index contributed by atoms with van der Waals surface area (Å²) in [6.45, 7) is 1.56. The highest BCUT2D eigenvalue weighted by molar-refractivity contribution is 7.92. The van der Waals surface area contributed by atoms with Crippen molar-refractivity contribution >= 4 is 33.3 Å². The van der Waals surface area contributed by atoms with Gasteiger partial charge in [0.05, 0.1) is 16.1 Å².